The molecule has 30 heavy (non-hydrogen) atoms. The van der Waals surface area contributed by atoms with E-state index >= 15 is 0 Å². The topological polar surface area (TPSA) is 91.0 Å². The Morgan fingerprint density at radius 1 is 1.13 bits per heavy atom. The molecule has 1 aliphatic heterocycles. The second-order valence-electron chi connectivity index (χ2n) is 7.09. The summed E-state index contributed by atoms with van der Waals surface area (Å²) in [7, 11) is 0. The van der Waals surface area contributed by atoms with Gasteiger partial charge in [0.15, 0.2) is 0 Å². The third-order valence-electron chi connectivity index (χ3n) is 5.12. The predicted octanol–water partition coefficient (Wildman–Crippen LogP) is 3.76. The summed E-state index contributed by atoms with van der Waals surface area (Å²) in [6, 6.07) is 9.42. The number of benzene rings is 1. The zero-order valence-electron chi connectivity index (χ0n) is 15.9. The molecular weight excluding hydrogens is 409 g/mol. The first kappa shape index (κ1) is 20.0. The highest BCUT2D eigenvalue weighted by molar-refractivity contribution is 6.31. The Kier molecular flexibility index (Phi) is 5.76. The molecule has 2 N–H and O–H groups in total. The molecule has 0 unspecified atom stereocenters. The molecular formula is C21H19ClFN5O2. The van der Waals surface area contributed by atoms with Gasteiger partial charge in [0, 0.05) is 42.7 Å². The number of hydrogen-bond donors (Lipinski definition) is 2. The maximum absolute atomic E-state index is 13.3. The fourth-order valence-corrected chi connectivity index (χ4v) is 3.62. The van der Waals surface area contributed by atoms with Gasteiger partial charge in [-0.15, -0.1) is 0 Å². The average Bonchev–Trinajstić information content (AvgIpc) is 3.27. The van der Waals surface area contributed by atoms with Gasteiger partial charge in [0.2, 0.25) is 5.91 Å². The highest BCUT2D eigenvalue weighted by Crippen LogP contribution is 2.24. The van der Waals surface area contributed by atoms with Crippen molar-refractivity contribution in [3.8, 4) is 11.3 Å². The van der Waals surface area contributed by atoms with Crippen LogP contribution in [0.4, 0.5) is 10.1 Å². The smallest absolute Gasteiger partial charge is 0.271 e. The number of H-pyrrole nitrogens is 1. The van der Waals surface area contributed by atoms with Crippen molar-refractivity contribution in [3.05, 3.63) is 65.3 Å². The fraction of sp³-hybridized carbons (Fsp3) is 0.238. The SMILES string of the molecule is O=C(Nc1ccc(F)c(Cl)c1)C1CCN(C(=O)c2cc(-c3ccncc3)n[nH]2)CC1. The third-order valence-corrected chi connectivity index (χ3v) is 5.41. The third kappa shape index (κ3) is 4.33. The van der Waals surface area contributed by atoms with E-state index in [2.05, 4.69) is 20.5 Å². The summed E-state index contributed by atoms with van der Waals surface area (Å²) in [5.74, 6) is -1.07. The van der Waals surface area contributed by atoms with E-state index in [1.54, 1.807) is 23.4 Å². The Morgan fingerprint density at radius 2 is 1.87 bits per heavy atom. The largest absolute Gasteiger partial charge is 0.337 e. The summed E-state index contributed by atoms with van der Waals surface area (Å²) in [5.41, 5.74) is 2.40. The lowest BCUT2D eigenvalue weighted by Gasteiger charge is -2.31. The number of nitrogens with one attached hydrogen (secondary N) is 2. The second kappa shape index (κ2) is 8.62. The molecule has 0 atom stereocenters. The summed E-state index contributed by atoms with van der Waals surface area (Å²) in [6.07, 6.45) is 4.41. The Labute approximate surface area is 177 Å². The van der Waals surface area contributed by atoms with Crippen molar-refractivity contribution in [2.24, 2.45) is 5.92 Å². The van der Waals surface area contributed by atoms with Crippen molar-refractivity contribution in [1.29, 1.82) is 0 Å². The lowest BCUT2D eigenvalue weighted by Crippen LogP contribution is -2.41. The second-order valence-corrected chi connectivity index (χ2v) is 7.49. The standard InChI is InChI=1S/C21H19ClFN5O2/c22-16-11-15(1-2-17(16)23)25-20(29)14-5-9-28(10-6-14)21(30)19-12-18(26-27-19)13-3-7-24-8-4-13/h1-4,7-8,11-12,14H,5-6,9-10H2,(H,25,29)(H,26,27). The number of aromatic nitrogens is 3. The number of halogens is 2. The van der Waals surface area contributed by atoms with Gasteiger partial charge < -0.3 is 10.2 Å². The minimum atomic E-state index is -0.535. The number of pyridine rings is 1. The van der Waals surface area contributed by atoms with Crippen LogP contribution in [0.3, 0.4) is 0 Å². The molecule has 3 aromatic rings. The first-order valence-corrected chi connectivity index (χ1v) is 9.90. The van der Waals surface area contributed by atoms with Gasteiger partial charge in [-0.1, -0.05) is 11.6 Å². The lowest BCUT2D eigenvalue weighted by atomic mass is 9.95. The van der Waals surface area contributed by atoms with Crippen LogP contribution in [0.5, 0.6) is 0 Å². The molecule has 0 spiro atoms. The van der Waals surface area contributed by atoms with Crippen LogP contribution in [0.25, 0.3) is 11.3 Å². The average molecular weight is 428 g/mol. The summed E-state index contributed by atoms with van der Waals surface area (Å²) in [4.78, 5) is 31.0. The first-order chi connectivity index (χ1) is 14.5. The molecule has 9 heteroatoms. The van der Waals surface area contributed by atoms with Gasteiger partial charge in [-0.3, -0.25) is 19.7 Å². The van der Waals surface area contributed by atoms with E-state index in [1.807, 2.05) is 12.1 Å². The number of piperidine rings is 1. The van der Waals surface area contributed by atoms with Gasteiger partial charge in [0.1, 0.15) is 11.5 Å². The molecule has 0 bridgehead atoms. The van der Waals surface area contributed by atoms with Crippen molar-refractivity contribution >= 4 is 29.1 Å². The summed E-state index contributed by atoms with van der Waals surface area (Å²) in [6.45, 7) is 0.926. The van der Waals surface area contributed by atoms with Crippen LogP contribution in [0.2, 0.25) is 5.02 Å². The van der Waals surface area contributed by atoms with E-state index in [1.165, 1.54) is 18.2 Å². The van der Waals surface area contributed by atoms with Crippen LogP contribution >= 0.6 is 11.6 Å². The zero-order valence-corrected chi connectivity index (χ0v) is 16.7. The highest BCUT2D eigenvalue weighted by Gasteiger charge is 2.28. The van der Waals surface area contributed by atoms with Crippen LogP contribution in [0.15, 0.2) is 48.8 Å². The number of carbonyl (C=O) groups is 2. The van der Waals surface area contributed by atoms with Gasteiger partial charge in [0.05, 0.1) is 10.7 Å². The summed E-state index contributed by atoms with van der Waals surface area (Å²) in [5, 5.41) is 9.72. The van der Waals surface area contributed by atoms with Gasteiger partial charge >= 0.3 is 0 Å². The fourth-order valence-electron chi connectivity index (χ4n) is 3.44. The van der Waals surface area contributed by atoms with E-state index in [9.17, 15) is 14.0 Å². The molecule has 1 saturated heterocycles. The van der Waals surface area contributed by atoms with Crippen LogP contribution in [0, 0.1) is 11.7 Å². The Hall–Kier alpha value is -3.26. The molecule has 1 aromatic carbocycles. The van der Waals surface area contributed by atoms with E-state index < -0.39 is 5.82 Å². The Morgan fingerprint density at radius 3 is 2.57 bits per heavy atom. The first-order valence-electron chi connectivity index (χ1n) is 9.52. The Bertz CT molecular complexity index is 1060. The molecule has 4 rings (SSSR count). The monoisotopic (exact) mass is 427 g/mol. The number of amides is 2. The van der Waals surface area contributed by atoms with Crippen molar-refractivity contribution < 1.29 is 14.0 Å². The van der Waals surface area contributed by atoms with Gasteiger partial charge in [-0.25, -0.2) is 4.39 Å². The van der Waals surface area contributed by atoms with Gasteiger partial charge in [0.25, 0.3) is 5.91 Å². The maximum atomic E-state index is 13.3. The number of likely N-dealkylation sites (tertiary alicyclic amines) is 1. The summed E-state index contributed by atoms with van der Waals surface area (Å²) >= 11 is 5.75. The molecule has 0 saturated carbocycles. The van der Waals surface area contributed by atoms with E-state index in [0.29, 0.717) is 43.0 Å². The predicted molar refractivity (Wildman–Crippen MR) is 110 cm³/mol. The number of rotatable bonds is 4. The molecule has 3 heterocycles. The summed E-state index contributed by atoms with van der Waals surface area (Å²) < 4.78 is 13.3. The van der Waals surface area contributed by atoms with Crippen LogP contribution in [-0.4, -0.2) is 45.0 Å². The van der Waals surface area contributed by atoms with Gasteiger partial charge in [-0.2, -0.15) is 5.10 Å². The number of nitrogens with zero attached hydrogens (tertiary/aromatic N) is 3. The number of aromatic amines is 1. The lowest BCUT2D eigenvalue weighted by molar-refractivity contribution is -0.121. The van der Waals surface area contributed by atoms with Gasteiger partial charge in [-0.05, 0) is 49.2 Å². The molecule has 2 amide bonds. The molecule has 1 aliphatic rings. The molecule has 0 aliphatic carbocycles. The minimum Gasteiger partial charge on any atom is -0.337 e. The molecule has 154 valence electrons. The van der Waals surface area contributed by atoms with Crippen LogP contribution < -0.4 is 5.32 Å². The van der Waals surface area contributed by atoms with E-state index in [0.717, 1.165) is 5.56 Å². The minimum absolute atomic E-state index is 0.0427. The number of carbonyl (C=O) groups excluding carboxylic acids is 2. The van der Waals surface area contributed by atoms with Crippen LogP contribution in [0.1, 0.15) is 23.3 Å². The van der Waals surface area contributed by atoms with Crippen molar-refractivity contribution in [3.63, 3.8) is 0 Å². The number of anilines is 1. The quantitative estimate of drug-likeness (QED) is 0.663. The molecule has 1 fully saturated rings. The van der Waals surface area contributed by atoms with Crippen molar-refractivity contribution in [2.45, 2.75) is 12.8 Å². The number of hydrogen-bond acceptors (Lipinski definition) is 4. The van der Waals surface area contributed by atoms with E-state index in [4.69, 9.17) is 11.6 Å². The normalized spacial score (nSPS) is 14.5. The molecule has 7 nitrogen and oxygen atoms in total. The van der Waals surface area contributed by atoms with Crippen LogP contribution in [-0.2, 0) is 4.79 Å². The zero-order chi connectivity index (χ0) is 21.1. The molecule has 2 aromatic heterocycles. The van der Waals surface area contributed by atoms with Crippen molar-refractivity contribution in [2.75, 3.05) is 18.4 Å². The maximum Gasteiger partial charge on any atom is 0.271 e. The highest BCUT2D eigenvalue weighted by atomic mass is 35.5. The van der Waals surface area contributed by atoms with Crippen molar-refractivity contribution in [1.82, 2.24) is 20.1 Å². The van der Waals surface area contributed by atoms with E-state index in [-0.39, 0.29) is 22.8 Å². The molecule has 0 radical (unpaired) electrons. The Balaban J connectivity index is 1.34.